The number of unbranched alkanes of at least 4 members (excludes halogenated alkanes) is 8. The monoisotopic (exact) mass is 442 g/mol. The zero-order chi connectivity index (χ0) is 21.1. The summed E-state index contributed by atoms with van der Waals surface area (Å²) in [5.41, 5.74) is 0.256. The van der Waals surface area contributed by atoms with Gasteiger partial charge in [0, 0.05) is 5.56 Å². The van der Waals surface area contributed by atoms with Gasteiger partial charge in [-0.25, -0.2) is 0 Å². The SMILES string of the molecule is CCCCCCCCCCCc1c(Oc2ccccc2)ccc([O-])c1S(=O)(=O)O.[Na+]. The Balaban J connectivity index is 0.00000450. The molecule has 30 heavy (non-hydrogen) atoms. The minimum atomic E-state index is -4.63. The molecular formula is C23H31NaO5S. The fourth-order valence-electron chi connectivity index (χ4n) is 3.43. The molecule has 0 spiro atoms. The summed E-state index contributed by atoms with van der Waals surface area (Å²) in [5.74, 6) is 0.127. The maximum absolute atomic E-state index is 12.2. The summed E-state index contributed by atoms with van der Waals surface area (Å²) in [6.07, 6.45) is 10.5. The van der Waals surface area contributed by atoms with E-state index in [1.807, 2.05) is 6.07 Å². The number of benzene rings is 2. The van der Waals surface area contributed by atoms with Crippen LogP contribution in [0.15, 0.2) is 47.4 Å². The largest absolute Gasteiger partial charge is 1.00 e. The summed E-state index contributed by atoms with van der Waals surface area (Å²) in [6.45, 7) is 2.20. The summed E-state index contributed by atoms with van der Waals surface area (Å²) in [4.78, 5) is -0.564. The zero-order valence-corrected chi connectivity index (χ0v) is 20.9. The van der Waals surface area contributed by atoms with E-state index >= 15 is 0 Å². The maximum Gasteiger partial charge on any atom is 1.00 e. The number of hydrogen-bond acceptors (Lipinski definition) is 4. The third kappa shape index (κ3) is 8.98. The first-order valence-electron chi connectivity index (χ1n) is 10.5. The summed E-state index contributed by atoms with van der Waals surface area (Å²) >= 11 is 0. The van der Waals surface area contributed by atoms with Gasteiger partial charge in [-0.15, -0.1) is 0 Å². The summed E-state index contributed by atoms with van der Waals surface area (Å²) in [7, 11) is -4.63. The number of ether oxygens (including phenoxy) is 1. The van der Waals surface area contributed by atoms with Gasteiger partial charge < -0.3 is 9.84 Å². The molecule has 0 aromatic heterocycles. The van der Waals surface area contributed by atoms with E-state index in [9.17, 15) is 18.1 Å². The second-order valence-corrected chi connectivity index (χ2v) is 8.70. The smallest absolute Gasteiger partial charge is 0.872 e. The molecule has 2 aromatic carbocycles. The molecule has 0 aliphatic rings. The Morgan fingerprint density at radius 3 is 2.00 bits per heavy atom. The zero-order valence-electron chi connectivity index (χ0n) is 18.1. The van der Waals surface area contributed by atoms with Crippen molar-refractivity contribution in [3.8, 4) is 17.2 Å². The van der Waals surface area contributed by atoms with Crippen molar-refractivity contribution >= 4 is 10.1 Å². The quantitative estimate of drug-likeness (QED) is 0.293. The minimum absolute atomic E-state index is 0. The Morgan fingerprint density at radius 1 is 0.867 bits per heavy atom. The molecule has 0 saturated carbocycles. The van der Waals surface area contributed by atoms with E-state index in [2.05, 4.69) is 6.92 Å². The third-order valence-corrected chi connectivity index (χ3v) is 5.90. The maximum atomic E-state index is 12.2. The van der Waals surface area contributed by atoms with E-state index in [4.69, 9.17) is 4.74 Å². The Bertz CT molecular complexity index is 853. The second-order valence-electron chi connectivity index (χ2n) is 7.34. The van der Waals surface area contributed by atoms with Crippen molar-refractivity contribution in [2.24, 2.45) is 0 Å². The standard InChI is InChI=1S/C23H32O5S.Na/c1-2-3-4-5-6-7-8-9-13-16-20-22(28-19-14-11-10-12-15-19)18-17-21(24)23(20)29(25,26)27;/h10-12,14-15,17-18,24H,2-9,13,16H2,1H3,(H,25,26,27);/q;+1/p-1. The van der Waals surface area contributed by atoms with E-state index in [-0.39, 0.29) is 35.1 Å². The normalized spacial score (nSPS) is 11.1. The molecule has 1 N–H and O–H groups in total. The van der Waals surface area contributed by atoms with Crippen LogP contribution in [0.4, 0.5) is 0 Å². The van der Waals surface area contributed by atoms with Crippen LogP contribution in [-0.2, 0) is 16.5 Å². The van der Waals surface area contributed by atoms with Crippen molar-refractivity contribution in [1.82, 2.24) is 0 Å². The number of para-hydroxylation sites is 1. The first-order valence-corrected chi connectivity index (χ1v) is 11.9. The summed E-state index contributed by atoms with van der Waals surface area (Å²) in [5, 5.41) is 12.2. The molecule has 2 rings (SSSR count). The average Bonchev–Trinajstić information content (AvgIpc) is 2.68. The molecule has 0 radical (unpaired) electrons. The molecule has 0 aliphatic heterocycles. The Kier molecular flexibility index (Phi) is 12.7. The van der Waals surface area contributed by atoms with Crippen LogP contribution < -0.4 is 39.4 Å². The molecule has 7 heteroatoms. The molecule has 0 aliphatic carbocycles. The topological polar surface area (TPSA) is 86.7 Å². The van der Waals surface area contributed by atoms with Gasteiger partial charge >= 0.3 is 29.6 Å². The molecule has 0 atom stereocenters. The van der Waals surface area contributed by atoms with Gasteiger partial charge in [-0.05, 0) is 31.0 Å². The summed E-state index contributed by atoms with van der Waals surface area (Å²) in [6, 6.07) is 11.6. The Labute approximate surface area is 202 Å². The number of rotatable bonds is 13. The van der Waals surface area contributed by atoms with Gasteiger partial charge in [0.05, 0.1) is 4.90 Å². The molecule has 0 amide bonds. The van der Waals surface area contributed by atoms with E-state index in [0.717, 1.165) is 31.7 Å². The molecule has 0 bridgehead atoms. The first-order chi connectivity index (χ1) is 13.9. The molecule has 0 unspecified atom stereocenters. The Hall–Kier alpha value is -1.05. The van der Waals surface area contributed by atoms with Crippen LogP contribution in [0.25, 0.3) is 0 Å². The van der Waals surface area contributed by atoms with Crippen LogP contribution in [0.3, 0.4) is 0 Å². The molecular weight excluding hydrogens is 411 g/mol. The van der Waals surface area contributed by atoms with Crippen LogP contribution in [0.5, 0.6) is 17.2 Å². The van der Waals surface area contributed by atoms with E-state index in [1.54, 1.807) is 24.3 Å². The molecule has 160 valence electrons. The second kappa shape index (κ2) is 14.1. The van der Waals surface area contributed by atoms with E-state index in [0.29, 0.717) is 17.9 Å². The van der Waals surface area contributed by atoms with Gasteiger partial charge in [-0.2, -0.15) is 8.42 Å². The molecule has 0 heterocycles. The number of hydrogen-bond donors (Lipinski definition) is 1. The molecule has 2 aromatic rings. The van der Waals surface area contributed by atoms with E-state index in [1.165, 1.54) is 38.2 Å². The van der Waals surface area contributed by atoms with Crippen LogP contribution >= 0.6 is 0 Å². The fraction of sp³-hybridized carbons (Fsp3) is 0.478. The average molecular weight is 443 g/mol. The van der Waals surface area contributed by atoms with Crippen LogP contribution in [0.1, 0.15) is 70.3 Å². The fourth-order valence-corrected chi connectivity index (χ4v) is 4.27. The Morgan fingerprint density at radius 2 is 1.43 bits per heavy atom. The van der Waals surface area contributed by atoms with Gasteiger partial charge in [-0.1, -0.05) is 88.3 Å². The predicted molar refractivity (Wildman–Crippen MR) is 113 cm³/mol. The van der Waals surface area contributed by atoms with Crippen molar-refractivity contribution in [3.63, 3.8) is 0 Å². The first kappa shape index (κ1) is 27.0. The van der Waals surface area contributed by atoms with Crippen LogP contribution in [0.2, 0.25) is 0 Å². The van der Waals surface area contributed by atoms with Crippen molar-refractivity contribution in [2.75, 3.05) is 0 Å². The van der Waals surface area contributed by atoms with Crippen molar-refractivity contribution in [2.45, 2.75) is 76.0 Å². The molecule has 0 fully saturated rings. The molecule has 0 saturated heterocycles. The van der Waals surface area contributed by atoms with Crippen molar-refractivity contribution < 1.29 is 52.4 Å². The van der Waals surface area contributed by atoms with Crippen molar-refractivity contribution in [1.29, 1.82) is 0 Å². The minimum Gasteiger partial charge on any atom is -0.872 e. The van der Waals surface area contributed by atoms with E-state index < -0.39 is 20.8 Å². The van der Waals surface area contributed by atoms with Crippen LogP contribution in [-0.4, -0.2) is 13.0 Å². The van der Waals surface area contributed by atoms with Gasteiger partial charge in [0.15, 0.2) is 0 Å². The predicted octanol–water partition coefficient (Wildman–Crippen LogP) is 2.88. The summed E-state index contributed by atoms with van der Waals surface area (Å²) < 4.78 is 39.1. The van der Waals surface area contributed by atoms with Gasteiger partial charge in [0.1, 0.15) is 11.5 Å². The third-order valence-electron chi connectivity index (χ3n) is 4.94. The molecule has 5 nitrogen and oxygen atoms in total. The van der Waals surface area contributed by atoms with Crippen molar-refractivity contribution in [3.05, 3.63) is 48.0 Å². The van der Waals surface area contributed by atoms with Gasteiger partial charge in [0.2, 0.25) is 0 Å². The van der Waals surface area contributed by atoms with Crippen LogP contribution in [0, 0.1) is 0 Å². The van der Waals surface area contributed by atoms with Gasteiger partial charge in [-0.3, -0.25) is 4.55 Å². The van der Waals surface area contributed by atoms with Gasteiger partial charge in [0.25, 0.3) is 10.1 Å².